The van der Waals surface area contributed by atoms with E-state index in [2.05, 4.69) is 26.8 Å². The molecule has 2 aromatic heterocycles. The summed E-state index contributed by atoms with van der Waals surface area (Å²) < 4.78 is 7.24. The molecule has 0 aliphatic rings. The first-order valence-corrected chi connectivity index (χ1v) is 8.39. The first kappa shape index (κ1) is 15.4. The van der Waals surface area contributed by atoms with Crippen LogP contribution in [-0.4, -0.2) is 21.7 Å². The molecular weight excluding hydrogens is 338 g/mol. The Kier molecular flexibility index (Phi) is 4.73. The Morgan fingerprint density at radius 2 is 2.18 bits per heavy atom. The monoisotopic (exact) mass is 351 g/mol. The SMILES string of the molecule is CN(Cc1ccsc1)Cn1nc(-c2ccccc2Cl)oc1=S. The first-order valence-electron chi connectivity index (χ1n) is 6.66. The number of thiophene rings is 1. The third-order valence-corrected chi connectivity index (χ3v) is 4.47. The molecule has 4 nitrogen and oxygen atoms in total. The predicted octanol–water partition coefficient (Wildman–Crippen LogP) is 4.68. The second-order valence-electron chi connectivity index (χ2n) is 4.94. The quantitative estimate of drug-likeness (QED) is 0.625. The van der Waals surface area contributed by atoms with Crippen molar-refractivity contribution >= 4 is 35.2 Å². The van der Waals surface area contributed by atoms with E-state index in [1.807, 2.05) is 25.2 Å². The van der Waals surface area contributed by atoms with Gasteiger partial charge >= 0.3 is 0 Å². The van der Waals surface area contributed by atoms with Gasteiger partial charge in [0.15, 0.2) is 0 Å². The molecule has 0 spiro atoms. The maximum absolute atomic E-state index is 6.17. The molecule has 0 fully saturated rings. The van der Waals surface area contributed by atoms with Crippen LogP contribution in [-0.2, 0) is 13.2 Å². The fraction of sp³-hybridized carbons (Fsp3) is 0.200. The second kappa shape index (κ2) is 6.75. The second-order valence-corrected chi connectivity index (χ2v) is 6.48. The zero-order valence-corrected chi connectivity index (χ0v) is 14.3. The summed E-state index contributed by atoms with van der Waals surface area (Å²) in [6, 6.07) is 9.53. The normalized spacial score (nSPS) is 11.2. The van der Waals surface area contributed by atoms with Crippen LogP contribution in [0.1, 0.15) is 5.56 Å². The minimum absolute atomic E-state index is 0.340. The topological polar surface area (TPSA) is 34.2 Å². The Bertz CT molecular complexity index is 810. The molecule has 0 unspecified atom stereocenters. The summed E-state index contributed by atoms with van der Waals surface area (Å²) in [5.41, 5.74) is 2.02. The molecule has 3 aromatic rings. The number of benzene rings is 1. The number of nitrogens with zero attached hydrogens (tertiary/aromatic N) is 3. The van der Waals surface area contributed by atoms with Gasteiger partial charge in [-0.3, -0.25) is 4.90 Å². The summed E-state index contributed by atoms with van der Waals surface area (Å²) >= 11 is 13.1. The van der Waals surface area contributed by atoms with E-state index in [4.69, 9.17) is 28.2 Å². The summed E-state index contributed by atoms with van der Waals surface area (Å²) in [6.45, 7) is 1.39. The third kappa shape index (κ3) is 3.47. The van der Waals surface area contributed by atoms with E-state index in [1.165, 1.54) is 5.56 Å². The Morgan fingerprint density at radius 1 is 1.36 bits per heavy atom. The Hall–Kier alpha value is -1.47. The average molecular weight is 352 g/mol. The van der Waals surface area contributed by atoms with Gasteiger partial charge in [-0.15, -0.1) is 5.10 Å². The van der Waals surface area contributed by atoms with Crippen molar-refractivity contribution in [3.8, 4) is 11.5 Å². The van der Waals surface area contributed by atoms with Gasteiger partial charge in [0.1, 0.15) is 0 Å². The van der Waals surface area contributed by atoms with Crippen molar-refractivity contribution in [3.05, 3.63) is 56.5 Å². The van der Waals surface area contributed by atoms with Gasteiger partial charge in [0.2, 0.25) is 5.89 Å². The van der Waals surface area contributed by atoms with Crippen molar-refractivity contribution in [1.29, 1.82) is 0 Å². The van der Waals surface area contributed by atoms with Gasteiger partial charge in [-0.05, 0) is 53.8 Å². The highest BCUT2D eigenvalue weighted by molar-refractivity contribution is 7.71. The van der Waals surface area contributed by atoms with Crippen LogP contribution in [0.5, 0.6) is 0 Å². The van der Waals surface area contributed by atoms with Crippen LogP contribution in [0.4, 0.5) is 0 Å². The van der Waals surface area contributed by atoms with E-state index >= 15 is 0 Å². The van der Waals surface area contributed by atoms with Crippen LogP contribution in [0.2, 0.25) is 5.02 Å². The lowest BCUT2D eigenvalue weighted by molar-refractivity contribution is 0.241. The molecule has 0 amide bonds. The van der Waals surface area contributed by atoms with Gasteiger partial charge in [-0.1, -0.05) is 23.7 Å². The molecule has 3 rings (SSSR count). The average Bonchev–Trinajstić information content (AvgIpc) is 3.10. The molecule has 22 heavy (non-hydrogen) atoms. The van der Waals surface area contributed by atoms with Gasteiger partial charge < -0.3 is 4.42 Å². The summed E-state index contributed by atoms with van der Waals surface area (Å²) in [4.78, 5) is 2.46. The largest absolute Gasteiger partial charge is 0.409 e. The number of aromatic nitrogens is 2. The van der Waals surface area contributed by atoms with Crippen LogP contribution in [0, 0.1) is 4.84 Å². The lowest BCUT2D eigenvalue weighted by atomic mass is 10.2. The van der Waals surface area contributed by atoms with Crippen molar-refractivity contribution in [1.82, 2.24) is 14.7 Å². The molecule has 0 radical (unpaired) electrons. The van der Waals surface area contributed by atoms with Gasteiger partial charge in [0.25, 0.3) is 4.84 Å². The van der Waals surface area contributed by atoms with Crippen molar-refractivity contribution in [2.24, 2.45) is 0 Å². The number of rotatable bonds is 5. The first-order chi connectivity index (χ1) is 10.6. The Balaban J connectivity index is 1.78. The maximum atomic E-state index is 6.17. The van der Waals surface area contributed by atoms with Gasteiger partial charge in [-0.2, -0.15) is 11.3 Å². The minimum atomic E-state index is 0.340. The molecule has 0 saturated carbocycles. The predicted molar refractivity (Wildman–Crippen MR) is 91.6 cm³/mol. The van der Waals surface area contributed by atoms with E-state index < -0.39 is 0 Å². The molecule has 0 saturated heterocycles. The van der Waals surface area contributed by atoms with Crippen LogP contribution >= 0.6 is 35.2 Å². The van der Waals surface area contributed by atoms with E-state index in [1.54, 1.807) is 22.1 Å². The summed E-state index contributed by atoms with van der Waals surface area (Å²) in [5.74, 6) is 0.444. The van der Waals surface area contributed by atoms with Crippen LogP contribution < -0.4 is 0 Å². The van der Waals surface area contributed by atoms with Gasteiger partial charge in [-0.25, -0.2) is 4.68 Å². The van der Waals surface area contributed by atoms with Crippen molar-refractivity contribution in [2.45, 2.75) is 13.2 Å². The van der Waals surface area contributed by atoms with Crippen molar-refractivity contribution < 1.29 is 4.42 Å². The third-order valence-electron chi connectivity index (χ3n) is 3.12. The maximum Gasteiger partial charge on any atom is 0.288 e. The highest BCUT2D eigenvalue weighted by Gasteiger charge is 2.12. The van der Waals surface area contributed by atoms with E-state index in [0.717, 1.165) is 12.1 Å². The molecule has 1 aromatic carbocycles. The zero-order valence-electron chi connectivity index (χ0n) is 11.9. The number of hydrogen-bond acceptors (Lipinski definition) is 5. The van der Waals surface area contributed by atoms with E-state index in [0.29, 0.717) is 22.4 Å². The van der Waals surface area contributed by atoms with Gasteiger partial charge in [0.05, 0.1) is 17.3 Å². The molecule has 114 valence electrons. The highest BCUT2D eigenvalue weighted by atomic mass is 35.5. The van der Waals surface area contributed by atoms with Gasteiger partial charge in [0, 0.05) is 6.54 Å². The standard InChI is InChI=1S/C15H14ClN3OS2/c1-18(8-11-6-7-22-9-11)10-19-15(21)20-14(17-19)12-4-2-3-5-13(12)16/h2-7,9H,8,10H2,1H3. The van der Waals surface area contributed by atoms with E-state index in [9.17, 15) is 0 Å². The van der Waals surface area contributed by atoms with Crippen LogP contribution in [0.3, 0.4) is 0 Å². The summed E-state index contributed by atoms with van der Waals surface area (Å²) in [5, 5.41) is 9.23. The van der Waals surface area contributed by atoms with E-state index in [-0.39, 0.29) is 0 Å². The number of hydrogen-bond donors (Lipinski definition) is 0. The smallest absolute Gasteiger partial charge is 0.288 e. The molecule has 0 atom stereocenters. The minimum Gasteiger partial charge on any atom is -0.409 e. The van der Waals surface area contributed by atoms with Crippen molar-refractivity contribution in [2.75, 3.05) is 7.05 Å². The fourth-order valence-corrected chi connectivity index (χ4v) is 3.17. The molecule has 0 N–H and O–H groups in total. The van der Waals surface area contributed by atoms with Crippen LogP contribution in [0.15, 0.2) is 45.5 Å². The lowest BCUT2D eigenvalue weighted by Gasteiger charge is -2.14. The highest BCUT2D eigenvalue weighted by Crippen LogP contribution is 2.26. The Morgan fingerprint density at radius 3 is 2.91 bits per heavy atom. The van der Waals surface area contributed by atoms with Crippen molar-refractivity contribution in [3.63, 3.8) is 0 Å². The molecule has 7 heteroatoms. The molecule has 0 bridgehead atoms. The molecule has 2 heterocycles. The zero-order chi connectivity index (χ0) is 15.5. The number of halogens is 1. The lowest BCUT2D eigenvalue weighted by Crippen LogP contribution is -2.22. The van der Waals surface area contributed by atoms with Crippen LogP contribution in [0.25, 0.3) is 11.5 Å². The summed E-state index contributed by atoms with van der Waals surface area (Å²) in [7, 11) is 2.02. The Labute approximate surface area is 142 Å². The molecule has 0 aliphatic heterocycles. The summed E-state index contributed by atoms with van der Waals surface area (Å²) in [6.07, 6.45) is 0. The molecular formula is C15H14ClN3OS2. The fourth-order valence-electron chi connectivity index (χ4n) is 2.11. The molecule has 0 aliphatic carbocycles.